The first-order valence-electron chi connectivity index (χ1n) is 13.3. The van der Waals surface area contributed by atoms with Gasteiger partial charge in [0.2, 0.25) is 0 Å². The van der Waals surface area contributed by atoms with E-state index in [0.717, 1.165) is 60.2 Å². The predicted molar refractivity (Wildman–Crippen MR) is 127 cm³/mol. The SMILES string of the molecule is CC(C)[C@H](C)CC[C@@H](C)[C@H]1CC[C@H]2[C@@H]3[C@H](C)CC4=CC(=O)CC[C@]4(C)[C@H]3CC[C@]12C. The molecule has 3 fully saturated rings. The van der Waals surface area contributed by atoms with Crippen LogP contribution in [-0.2, 0) is 4.79 Å². The van der Waals surface area contributed by atoms with Crippen molar-refractivity contribution in [1.82, 2.24) is 0 Å². The van der Waals surface area contributed by atoms with Crippen molar-refractivity contribution in [3.63, 3.8) is 0 Å². The Balaban J connectivity index is 1.53. The van der Waals surface area contributed by atoms with Gasteiger partial charge in [-0.15, -0.1) is 0 Å². The van der Waals surface area contributed by atoms with Gasteiger partial charge in [0.05, 0.1) is 0 Å². The summed E-state index contributed by atoms with van der Waals surface area (Å²) in [5, 5.41) is 0. The topological polar surface area (TPSA) is 17.1 Å². The summed E-state index contributed by atoms with van der Waals surface area (Å²) in [5.74, 6) is 7.21. The highest BCUT2D eigenvalue weighted by molar-refractivity contribution is 5.91. The van der Waals surface area contributed by atoms with Crippen molar-refractivity contribution in [1.29, 1.82) is 0 Å². The second-order valence-corrected chi connectivity index (χ2v) is 13.0. The van der Waals surface area contributed by atoms with Gasteiger partial charge in [0.25, 0.3) is 0 Å². The minimum atomic E-state index is 0.308. The zero-order valence-electron chi connectivity index (χ0n) is 21.0. The maximum atomic E-state index is 12.2. The van der Waals surface area contributed by atoms with E-state index in [1.54, 1.807) is 0 Å². The molecule has 0 aromatic rings. The van der Waals surface area contributed by atoms with E-state index in [1.807, 2.05) is 0 Å². The Labute approximate surface area is 186 Å². The lowest BCUT2D eigenvalue weighted by Crippen LogP contribution is -2.53. The van der Waals surface area contributed by atoms with Crippen LogP contribution in [-0.4, -0.2) is 5.78 Å². The molecule has 0 unspecified atom stereocenters. The number of allylic oxidation sites excluding steroid dienone is 1. The molecule has 0 saturated heterocycles. The molecule has 30 heavy (non-hydrogen) atoms. The molecule has 9 atom stereocenters. The molecule has 4 rings (SSSR count). The van der Waals surface area contributed by atoms with E-state index < -0.39 is 0 Å². The molecule has 0 bridgehead atoms. The number of hydrogen-bond donors (Lipinski definition) is 0. The first-order chi connectivity index (χ1) is 14.1. The standard InChI is InChI=1S/C29H48O/c1-18(2)19(3)8-9-20(4)24-10-11-25-27-21(5)16-22-17-23(30)12-14-28(22,6)26(27)13-15-29(24,25)7/h17-21,24-27H,8-16H2,1-7H3/t19-,20-,21-,24-,25+,26+,27+,28+,29-/m1/s1. The van der Waals surface area contributed by atoms with Gasteiger partial charge in [-0.2, -0.15) is 0 Å². The van der Waals surface area contributed by atoms with Gasteiger partial charge in [0.1, 0.15) is 0 Å². The number of ketones is 1. The number of rotatable bonds is 5. The van der Waals surface area contributed by atoms with Crippen LogP contribution in [0.3, 0.4) is 0 Å². The Morgan fingerprint density at radius 2 is 1.73 bits per heavy atom. The minimum Gasteiger partial charge on any atom is -0.295 e. The molecule has 3 saturated carbocycles. The van der Waals surface area contributed by atoms with Crippen molar-refractivity contribution < 1.29 is 4.79 Å². The van der Waals surface area contributed by atoms with Crippen LogP contribution in [0.5, 0.6) is 0 Å². The van der Waals surface area contributed by atoms with Crippen LogP contribution in [0, 0.1) is 58.2 Å². The highest BCUT2D eigenvalue weighted by atomic mass is 16.1. The van der Waals surface area contributed by atoms with Gasteiger partial charge >= 0.3 is 0 Å². The Morgan fingerprint density at radius 1 is 1.00 bits per heavy atom. The summed E-state index contributed by atoms with van der Waals surface area (Å²) >= 11 is 0. The molecule has 0 amide bonds. The fourth-order valence-electron chi connectivity index (χ4n) is 8.94. The molecule has 4 aliphatic carbocycles. The van der Waals surface area contributed by atoms with Gasteiger partial charge in [-0.1, -0.05) is 66.9 Å². The third kappa shape index (κ3) is 3.55. The molecular weight excluding hydrogens is 364 g/mol. The Hall–Kier alpha value is -0.590. The Bertz CT molecular complexity index is 688. The number of fused-ring (bicyclic) bond motifs is 5. The van der Waals surface area contributed by atoms with Crippen LogP contribution in [0.4, 0.5) is 0 Å². The van der Waals surface area contributed by atoms with Gasteiger partial charge in [-0.3, -0.25) is 4.79 Å². The third-order valence-corrected chi connectivity index (χ3v) is 11.3. The lowest BCUT2D eigenvalue weighted by atomic mass is 9.44. The molecule has 1 heteroatoms. The first kappa shape index (κ1) is 22.6. The minimum absolute atomic E-state index is 0.308. The van der Waals surface area contributed by atoms with Crippen LogP contribution in [0.25, 0.3) is 0 Å². The molecule has 4 aliphatic rings. The quantitative estimate of drug-likeness (QED) is 0.446. The van der Waals surface area contributed by atoms with E-state index in [2.05, 4.69) is 54.5 Å². The van der Waals surface area contributed by atoms with Crippen molar-refractivity contribution >= 4 is 5.78 Å². The van der Waals surface area contributed by atoms with Crippen molar-refractivity contribution in [3.8, 4) is 0 Å². The van der Waals surface area contributed by atoms with Crippen LogP contribution < -0.4 is 0 Å². The van der Waals surface area contributed by atoms with E-state index in [0.29, 0.717) is 16.6 Å². The fraction of sp³-hybridized carbons (Fsp3) is 0.897. The molecule has 0 aliphatic heterocycles. The first-order valence-corrected chi connectivity index (χ1v) is 13.3. The summed E-state index contributed by atoms with van der Waals surface area (Å²) < 4.78 is 0. The predicted octanol–water partition coefficient (Wildman–Crippen LogP) is 8.09. The fourth-order valence-corrected chi connectivity index (χ4v) is 8.94. The monoisotopic (exact) mass is 412 g/mol. The van der Waals surface area contributed by atoms with Crippen molar-refractivity contribution in [2.75, 3.05) is 0 Å². The molecule has 0 N–H and O–H groups in total. The molecule has 0 aromatic heterocycles. The van der Waals surface area contributed by atoms with Crippen LogP contribution in [0.1, 0.15) is 106 Å². The maximum absolute atomic E-state index is 12.2. The van der Waals surface area contributed by atoms with E-state index in [4.69, 9.17) is 0 Å². The smallest absolute Gasteiger partial charge is 0.155 e. The highest BCUT2D eigenvalue weighted by Crippen LogP contribution is 2.68. The maximum Gasteiger partial charge on any atom is 0.155 e. The van der Waals surface area contributed by atoms with Gasteiger partial charge in [-0.25, -0.2) is 0 Å². The lowest BCUT2D eigenvalue weighted by Gasteiger charge is -2.60. The average molecular weight is 413 g/mol. The Morgan fingerprint density at radius 3 is 2.43 bits per heavy atom. The summed E-state index contributed by atoms with van der Waals surface area (Å²) in [6.07, 6.45) is 13.7. The zero-order chi connectivity index (χ0) is 21.8. The average Bonchev–Trinajstić information content (AvgIpc) is 3.04. The van der Waals surface area contributed by atoms with Crippen molar-refractivity contribution in [3.05, 3.63) is 11.6 Å². The van der Waals surface area contributed by atoms with Gasteiger partial charge in [-0.05, 0) is 103 Å². The van der Waals surface area contributed by atoms with Crippen LogP contribution >= 0.6 is 0 Å². The number of hydrogen-bond acceptors (Lipinski definition) is 1. The molecule has 0 aromatic carbocycles. The summed E-state index contributed by atoms with van der Waals surface area (Å²) in [4.78, 5) is 12.2. The van der Waals surface area contributed by atoms with Crippen LogP contribution in [0.15, 0.2) is 11.6 Å². The van der Waals surface area contributed by atoms with E-state index >= 15 is 0 Å². The number of carbonyl (C=O) groups excluding carboxylic acids is 1. The Kier molecular flexibility index (Phi) is 6.08. The van der Waals surface area contributed by atoms with Crippen molar-refractivity contribution in [2.24, 2.45) is 58.2 Å². The van der Waals surface area contributed by atoms with E-state index in [-0.39, 0.29) is 0 Å². The van der Waals surface area contributed by atoms with Gasteiger partial charge < -0.3 is 0 Å². The normalized spacial score (nSPS) is 45.4. The lowest BCUT2D eigenvalue weighted by molar-refractivity contribution is -0.119. The highest BCUT2D eigenvalue weighted by Gasteiger charge is 2.60. The molecule has 0 spiro atoms. The molecule has 1 nitrogen and oxygen atoms in total. The summed E-state index contributed by atoms with van der Waals surface area (Å²) in [6.45, 7) is 17.5. The summed E-state index contributed by atoms with van der Waals surface area (Å²) in [7, 11) is 0. The van der Waals surface area contributed by atoms with Crippen molar-refractivity contribution in [2.45, 2.75) is 106 Å². The number of carbonyl (C=O) groups is 1. The second kappa shape index (κ2) is 8.08. The third-order valence-electron chi connectivity index (χ3n) is 11.3. The van der Waals surface area contributed by atoms with E-state index in [1.165, 1.54) is 50.5 Å². The molecule has 0 heterocycles. The molecule has 0 radical (unpaired) electrons. The molecular formula is C29H48O. The second-order valence-electron chi connectivity index (χ2n) is 13.0. The van der Waals surface area contributed by atoms with Gasteiger partial charge in [0.15, 0.2) is 5.78 Å². The largest absolute Gasteiger partial charge is 0.295 e. The van der Waals surface area contributed by atoms with Crippen LogP contribution in [0.2, 0.25) is 0 Å². The zero-order valence-corrected chi connectivity index (χ0v) is 21.0. The van der Waals surface area contributed by atoms with Gasteiger partial charge in [0, 0.05) is 6.42 Å². The summed E-state index contributed by atoms with van der Waals surface area (Å²) in [5.41, 5.74) is 2.38. The van der Waals surface area contributed by atoms with E-state index in [9.17, 15) is 4.79 Å². The molecule has 170 valence electrons. The summed E-state index contributed by atoms with van der Waals surface area (Å²) in [6, 6.07) is 0.